The number of aromatic carboxylic acids is 1. The molecular weight excluding hydrogens is 258 g/mol. The van der Waals surface area contributed by atoms with Crippen LogP contribution >= 0.6 is 11.6 Å². The number of rotatable bonds is 3. The second-order valence-electron chi connectivity index (χ2n) is 3.50. The summed E-state index contributed by atoms with van der Waals surface area (Å²) in [7, 11) is 0. The molecule has 0 saturated heterocycles. The van der Waals surface area contributed by atoms with Gasteiger partial charge in [0.15, 0.2) is 5.69 Å². The normalized spacial score (nSPS) is 10.3. The summed E-state index contributed by atoms with van der Waals surface area (Å²) < 4.78 is 0. The molecule has 6 nitrogen and oxygen atoms in total. The van der Waals surface area contributed by atoms with Gasteiger partial charge < -0.3 is 5.11 Å². The van der Waals surface area contributed by atoms with Gasteiger partial charge in [0.05, 0.1) is 16.7 Å². The summed E-state index contributed by atoms with van der Waals surface area (Å²) >= 11 is 5.88. The smallest absolute Gasteiger partial charge is 0.356 e. The molecule has 0 unspecified atom stereocenters. The van der Waals surface area contributed by atoms with E-state index in [1.54, 1.807) is 24.3 Å². The van der Waals surface area contributed by atoms with E-state index in [0.717, 1.165) is 0 Å². The van der Waals surface area contributed by atoms with E-state index in [9.17, 15) is 9.59 Å². The maximum absolute atomic E-state index is 11.9. The Hall–Kier alpha value is -2.18. The third-order valence-electron chi connectivity index (χ3n) is 2.24. The van der Waals surface area contributed by atoms with Crippen LogP contribution in [0.15, 0.2) is 30.3 Å². The third kappa shape index (κ3) is 2.55. The van der Waals surface area contributed by atoms with Gasteiger partial charge in [-0.1, -0.05) is 23.7 Å². The van der Waals surface area contributed by atoms with Crippen molar-refractivity contribution in [3.05, 3.63) is 46.6 Å². The minimum atomic E-state index is -1.16. The first-order valence-corrected chi connectivity index (χ1v) is 5.38. The SMILES string of the molecule is O=C(O)c1cc([NH2+]C(=O)c2ccccc2Cl)[nH]n1. The lowest BCUT2D eigenvalue weighted by Gasteiger charge is -1.98. The predicted molar refractivity (Wildman–Crippen MR) is 62.9 cm³/mol. The average molecular weight is 267 g/mol. The Kier molecular flexibility index (Phi) is 3.40. The van der Waals surface area contributed by atoms with Crippen molar-refractivity contribution in [3.8, 4) is 0 Å². The maximum Gasteiger partial charge on any atom is 0.356 e. The number of nitrogens with two attached hydrogens (primary N) is 1. The number of carboxylic acids is 1. The van der Waals surface area contributed by atoms with Crippen molar-refractivity contribution in [1.82, 2.24) is 10.2 Å². The van der Waals surface area contributed by atoms with E-state index < -0.39 is 5.97 Å². The van der Waals surface area contributed by atoms with Gasteiger partial charge in [-0.05, 0) is 12.1 Å². The average Bonchev–Trinajstić information content (AvgIpc) is 2.78. The number of nitrogens with one attached hydrogen (secondary N) is 1. The lowest BCUT2D eigenvalue weighted by atomic mass is 10.2. The number of halogens is 1. The maximum atomic E-state index is 11.9. The van der Waals surface area contributed by atoms with E-state index >= 15 is 0 Å². The Morgan fingerprint density at radius 3 is 2.67 bits per heavy atom. The molecule has 0 aliphatic rings. The number of hydrogen-bond donors (Lipinski definition) is 3. The summed E-state index contributed by atoms with van der Waals surface area (Å²) in [4.78, 5) is 22.5. The number of nitrogens with zero attached hydrogens (tertiary/aromatic N) is 1. The predicted octanol–water partition coefficient (Wildman–Crippen LogP) is 0.797. The van der Waals surface area contributed by atoms with Crippen LogP contribution in [0.2, 0.25) is 5.02 Å². The van der Waals surface area contributed by atoms with Gasteiger partial charge in [0.1, 0.15) is 0 Å². The van der Waals surface area contributed by atoms with Crippen molar-refractivity contribution in [2.45, 2.75) is 0 Å². The van der Waals surface area contributed by atoms with Crippen molar-refractivity contribution < 1.29 is 20.0 Å². The number of carbonyl (C=O) groups excluding carboxylic acids is 1. The minimum Gasteiger partial charge on any atom is -0.476 e. The van der Waals surface area contributed by atoms with Gasteiger partial charge in [-0.3, -0.25) is 0 Å². The molecule has 1 amide bonds. The lowest BCUT2D eigenvalue weighted by Crippen LogP contribution is -2.82. The molecule has 0 aliphatic heterocycles. The summed E-state index contributed by atoms with van der Waals surface area (Å²) in [6.45, 7) is 0. The number of aromatic nitrogens is 2. The van der Waals surface area contributed by atoms with Crippen LogP contribution in [0.4, 0.5) is 5.82 Å². The molecule has 1 aromatic carbocycles. The highest BCUT2D eigenvalue weighted by molar-refractivity contribution is 6.33. The van der Waals surface area contributed by atoms with Crippen LogP contribution in [0, 0.1) is 0 Å². The highest BCUT2D eigenvalue weighted by Crippen LogP contribution is 2.13. The Morgan fingerprint density at radius 1 is 1.33 bits per heavy atom. The number of primary amides is 1. The lowest BCUT2D eigenvalue weighted by molar-refractivity contribution is -0.468. The molecule has 92 valence electrons. The van der Waals surface area contributed by atoms with Crippen molar-refractivity contribution in [3.63, 3.8) is 0 Å². The van der Waals surface area contributed by atoms with E-state index in [4.69, 9.17) is 16.7 Å². The summed E-state index contributed by atoms with van der Waals surface area (Å²) in [5.41, 5.74) is 0.207. The highest BCUT2D eigenvalue weighted by atomic mass is 35.5. The summed E-state index contributed by atoms with van der Waals surface area (Å²) in [6.07, 6.45) is 0. The Morgan fingerprint density at radius 2 is 2.06 bits per heavy atom. The van der Waals surface area contributed by atoms with Crippen LogP contribution in [-0.4, -0.2) is 27.2 Å². The number of benzene rings is 1. The molecular formula is C11H9ClN3O3+. The molecule has 0 fully saturated rings. The zero-order chi connectivity index (χ0) is 13.1. The van der Waals surface area contributed by atoms with Gasteiger partial charge in [-0.15, -0.1) is 0 Å². The van der Waals surface area contributed by atoms with Crippen molar-refractivity contribution in [1.29, 1.82) is 0 Å². The summed E-state index contributed by atoms with van der Waals surface area (Å²) in [6, 6.07) is 7.89. The fourth-order valence-electron chi connectivity index (χ4n) is 1.40. The topological polar surface area (TPSA) is 99.7 Å². The number of aromatic amines is 1. The van der Waals surface area contributed by atoms with Gasteiger partial charge in [0.2, 0.25) is 5.82 Å². The van der Waals surface area contributed by atoms with Crippen LogP contribution < -0.4 is 5.32 Å². The minimum absolute atomic E-state index is 0.145. The second kappa shape index (κ2) is 4.99. The zero-order valence-corrected chi connectivity index (χ0v) is 9.81. The fourth-order valence-corrected chi connectivity index (χ4v) is 1.63. The van der Waals surface area contributed by atoms with Crippen molar-refractivity contribution in [2.75, 3.05) is 0 Å². The van der Waals surface area contributed by atoms with E-state index in [0.29, 0.717) is 16.4 Å². The Balaban J connectivity index is 2.16. The highest BCUT2D eigenvalue weighted by Gasteiger charge is 2.17. The third-order valence-corrected chi connectivity index (χ3v) is 2.57. The second-order valence-corrected chi connectivity index (χ2v) is 3.91. The number of quaternary nitrogens is 1. The molecule has 2 aromatic rings. The number of H-pyrrole nitrogens is 1. The molecule has 0 bridgehead atoms. The largest absolute Gasteiger partial charge is 0.476 e. The van der Waals surface area contributed by atoms with Crippen molar-refractivity contribution >= 4 is 29.3 Å². The standard InChI is InChI=1S/C11H8ClN3O3/c12-7-4-2-1-3-6(7)10(16)13-9-5-8(11(17)18)14-15-9/h1-5H,(H,17,18)(H2,13,14,15,16)/p+1. The monoisotopic (exact) mass is 266 g/mol. The number of amides is 1. The van der Waals surface area contributed by atoms with Crippen LogP contribution in [-0.2, 0) is 0 Å². The molecule has 0 saturated carbocycles. The van der Waals surface area contributed by atoms with E-state index in [1.165, 1.54) is 11.4 Å². The molecule has 18 heavy (non-hydrogen) atoms. The first kappa shape index (κ1) is 12.3. The molecule has 1 aromatic heterocycles. The fraction of sp³-hybridized carbons (Fsp3) is 0. The molecule has 1 heterocycles. The molecule has 2 rings (SSSR count). The molecule has 0 atom stereocenters. The van der Waals surface area contributed by atoms with Crippen LogP contribution in [0.5, 0.6) is 0 Å². The van der Waals surface area contributed by atoms with Gasteiger partial charge in [-0.25, -0.2) is 20.0 Å². The summed E-state index contributed by atoms with van der Waals surface area (Å²) in [5, 5.41) is 16.3. The van der Waals surface area contributed by atoms with Gasteiger partial charge in [0, 0.05) is 0 Å². The van der Waals surface area contributed by atoms with Crippen LogP contribution in [0.3, 0.4) is 0 Å². The van der Waals surface area contributed by atoms with Crippen molar-refractivity contribution in [2.24, 2.45) is 0 Å². The number of carboxylic acid groups (broad SMARTS) is 1. The Labute approximate surface area is 107 Å². The quantitative estimate of drug-likeness (QED) is 0.765. The van der Waals surface area contributed by atoms with Gasteiger partial charge in [0.25, 0.3) is 0 Å². The summed E-state index contributed by atoms with van der Waals surface area (Å²) in [5.74, 6) is -1.16. The van der Waals surface area contributed by atoms with E-state index in [2.05, 4.69) is 10.2 Å². The van der Waals surface area contributed by atoms with Gasteiger partial charge >= 0.3 is 11.9 Å². The van der Waals surface area contributed by atoms with E-state index in [1.807, 2.05) is 0 Å². The first-order chi connectivity index (χ1) is 8.58. The molecule has 7 heteroatoms. The van der Waals surface area contributed by atoms with Gasteiger partial charge in [-0.2, -0.15) is 5.10 Å². The molecule has 0 spiro atoms. The Bertz CT molecular complexity index is 609. The number of carbonyl (C=O) groups is 2. The number of hydrogen-bond acceptors (Lipinski definition) is 3. The van der Waals surface area contributed by atoms with Crippen LogP contribution in [0.25, 0.3) is 0 Å². The van der Waals surface area contributed by atoms with Crippen LogP contribution in [0.1, 0.15) is 20.8 Å². The first-order valence-electron chi connectivity index (χ1n) is 5.00. The zero-order valence-electron chi connectivity index (χ0n) is 9.05. The van der Waals surface area contributed by atoms with E-state index in [-0.39, 0.29) is 11.6 Å². The molecule has 0 aliphatic carbocycles. The molecule has 4 N–H and O–H groups in total. The molecule has 0 radical (unpaired) electrons.